The average Bonchev–Trinajstić information content (AvgIpc) is 3.03. The van der Waals surface area contributed by atoms with Crippen molar-refractivity contribution < 1.29 is 14.4 Å². The van der Waals surface area contributed by atoms with Gasteiger partial charge in [0.05, 0.1) is 18.8 Å². The molecule has 0 saturated heterocycles. The molecular weight excluding hydrogens is 294 g/mol. The molecule has 0 fully saturated rings. The average molecular weight is 317 g/mol. The molecule has 0 radical (unpaired) electrons. The van der Waals surface area contributed by atoms with Crippen LogP contribution in [0, 0.1) is 0 Å². The Morgan fingerprint density at radius 3 is 2.52 bits per heavy atom. The van der Waals surface area contributed by atoms with Crippen LogP contribution in [0.4, 0.5) is 4.79 Å². The van der Waals surface area contributed by atoms with Crippen molar-refractivity contribution in [1.29, 1.82) is 0 Å². The van der Waals surface area contributed by atoms with E-state index in [-0.39, 0.29) is 12.6 Å². The molecule has 1 heterocycles. The molecule has 0 saturated carbocycles. The summed E-state index contributed by atoms with van der Waals surface area (Å²) in [6.07, 6.45) is 0.735. The number of benzene rings is 1. The maximum Gasteiger partial charge on any atom is 0.315 e. The number of aliphatic hydroxyl groups excluding tert-OH is 1. The van der Waals surface area contributed by atoms with Gasteiger partial charge in [0.25, 0.3) is 0 Å². The van der Waals surface area contributed by atoms with Crippen LogP contribution in [-0.4, -0.2) is 22.8 Å². The summed E-state index contributed by atoms with van der Waals surface area (Å²) in [6, 6.07) is 9.28. The quantitative estimate of drug-likeness (QED) is 0.731. The van der Waals surface area contributed by atoms with Crippen molar-refractivity contribution in [3.05, 3.63) is 52.9 Å². The fraction of sp³-hybridized carbons (Fsp3) is 0.412. The third kappa shape index (κ3) is 5.41. The molecule has 3 N–H and O–H groups in total. The lowest BCUT2D eigenvalue weighted by atomic mass is 10.1. The molecule has 124 valence electrons. The first-order chi connectivity index (χ1) is 11.1. The summed E-state index contributed by atoms with van der Waals surface area (Å²) < 4.78 is 5.16. The minimum absolute atomic E-state index is 0.0428. The van der Waals surface area contributed by atoms with Gasteiger partial charge in [-0.25, -0.2) is 4.79 Å². The number of aromatic nitrogens is 1. The van der Waals surface area contributed by atoms with E-state index in [2.05, 4.69) is 15.8 Å². The Labute approximate surface area is 135 Å². The zero-order chi connectivity index (χ0) is 16.7. The molecule has 0 bridgehead atoms. The number of nitrogens with zero attached hydrogens (tertiary/aromatic N) is 1. The summed E-state index contributed by atoms with van der Waals surface area (Å²) in [5.74, 6) is 0.946. The number of carbonyl (C=O) groups is 1. The molecule has 0 aliphatic carbocycles. The Bertz CT molecular complexity index is 620. The van der Waals surface area contributed by atoms with Crippen LogP contribution in [0.3, 0.4) is 0 Å². The Balaban J connectivity index is 1.68. The lowest BCUT2D eigenvalue weighted by Gasteiger charge is -2.06. The van der Waals surface area contributed by atoms with Crippen molar-refractivity contribution in [2.45, 2.75) is 39.3 Å². The second-order valence-corrected chi connectivity index (χ2v) is 5.71. The standard InChI is InChI=1S/C17H23N3O3/c1-12(2)16-9-15(23-20-16)10-19-17(22)18-8-7-13-3-5-14(11-21)6-4-13/h3-6,9,12,21H,7-8,10-11H2,1-2H3,(H2,18,19,22). The molecular formula is C17H23N3O3. The number of rotatable bonds is 7. The summed E-state index contributed by atoms with van der Waals surface area (Å²) in [5.41, 5.74) is 2.88. The molecule has 23 heavy (non-hydrogen) atoms. The van der Waals surface area contributed by atoms with Gasteiger partial charge in [0.1, 0.15) is 0 Å². The van der Waals surface area contributed by atoms with Crippen LogP contribution in [0.15, 0.2) is 34.9 Å². The summed E-state index contributed by atoms with van der Waals surface area (Å²) in [4.78, 5) is 11.7. The Morgan fingerprint density at radius 2 is 1.91 bits per heavy atom. The van der Waals surface area contributed by atoms with Gasteiger partial charge in [-0.1, -0.05) is 43.3 Å². The van der Waals surface area contributed by atoms with E-state index in [0.29, 0.717) is 24.8 Å². The maximum atomic E-state index is 11.7. The summed E-state index contributed by atoms with van der Waals surface area (Å²) >= 11 is 0. The molecule has 2 aromatic rings. The number of hydrogen-bond donors (Lipinski definition) is 3. The largest absolute Gasteiger partial charge is 0.392 e. The molecule has 0 aliphatic rings. The van der Waals surface area contributed by atoms with E-state index in [0.717, 1.165) is 23.2 Å². The number of carbonyl (C=O) groups excluding carboxylic acids is 1. The van der Waals surface area contributed by atoms with Gasteiger partial charge in [-0.15, -0.1) is 0 Å². The van der Waals surface area contributed by atoms with Crippen molar-refractivity contribution in [1.82, 2.24) is 15.8 Å². The van der Waals surface area contributed by atoms with E-state index in [1.165, 1.54) is 0 Å². The smallest absolute Gasteiger partial charge is 0.315 e. The van der Waals surface area contributed by atoms with Crippen LogP contribution < -0.4 is 10.6 Å². The summed E-state index contributed by atoms with van der Waals surface area (Å²) in [7, 11) is 0. The van der Waals surface area contributed by atoms with Gasteiger partial charge < -0.3 is 20.3 Å². The lowest BCUT2D eigenvalue weighted by Crippen LogP contribution is -2.36. The van der Waals surface area contributed by atoms with Crippen molar-refractivity contribution in [2.24, 2.45) is 0 Å². The topological polar surface area (TPSA) is 87.4 Å². The predicted octanol–water partition coefficient (Wildman–Crippen LogP) is 2.33. The molecule has 0 aliphatic heterocycles. The van der Waals surface area contributed by atoms with Gasteiger partial charge in [-0.2, -0.15) is 0 Å². The molecule has 2 amide bonds. The van der Waals surface area contributed by atoms with Crippen LogP contribution in [-0.2, 0) is 19.6 Å². The van der Waals surface area contributed by atoms with E-state index < -0.39 is 0 Å². The predicted molar refractivity (Wildman–Crippen MR) is 86.9 cm³/mol. The highest BCUT2D eigenvalue weighted by Crippen LogP contribution is 2.13. The summed E-state index contributed by atoms with van der Waals surface area (Å²) in [5, 5.41) is 18.5. The first kappa shape index (κ1) is 17.0. The van der Waals surface area contributed by atoms with Gasteiger partial charge >= 0.3 is 6.03 Å². The zero-order valence-electron chi connectivity index (χ0n) is 13.5. The van der Waals surface area contributed by atoms with E-state index in [4.69, 9.17) is 9.63 Å². The lowest BCUT2D eigenvalue weighted by molar-refractivity contribution is 0.239. The third-order valence-corrected chi connectivity index (χ3v) is 3.50. The van der Waals surface area contributed by atoms with E-state index in [1.54, 1.807) is 0 Å². The van der Waals surface area contributed by atoms with E-state index in [9.17, 15) is 4.79 Å². The number of amides is 2. The third-order valence-electron chi connectivity index (χ3n) is 3.50. The number of aliphatic hydroxyl groups is 1. The van der Waals surface area contributed by atoms with Crippen LogP contribution in [0.1, 0.15) is 42.3 Å². The highest BCUT2D eigenvalue weighted by molar-refractivity contribution is 5.73. The monoisotopic (exact) mass is 317 g/mol. The molecule has 0 atom stereocenters. The minimum Gasteiger partial charge on any atom is -0.392 e. The fourth-order valence-electron chi connectivity index (χ4n) is 2.05. The zero-order valence-corrected chi connectivity index (χ0v) is 13.5. The van der Waals surface area contributed by atoms with Gasteiger partial charge in [0.2, 0.25) is 0 Å². The van der Waals surface area contributed by atoms with Gasteiger partial charge in [-0.05, 0) is 23.5 Å². The SMILES string of the molecule is CC(C)c1cc(CNC(=O)NCCc2ccc(CO)cc2)on1. The number of urea groups is 1. The van der Waals surface area contributed by atoms with Crippen molar-refractivity contribution in [3.8, 4) is 0 Å². The molecule has 1 aromatic heterocycles. The first-order valence-electron chi connectivity index (χ1n) is 7.74. The van der Waals surface area contributed by atoms with Gasteiger partial charge in [0, 0.05) is 12.6 Å². The fourth-order valence-corrected chi connectivity index (χ4v) is 2.05. The van der Waals surface area contributed by atoms with Crippen molar-refractivity contribution >= 4 is 6.03 Å². The highest BCUT2D eigenvalue weighted by atomic mass is 16.5. The van der Waals surface area contributed by atoms with E-state index in [1.807, 2.05) is 44.2 Å². The van der Waals surface area contributed by atoms with E-state index >= 15 is 0 Å². The molecule has 0 unspecified atom stereocenters. The number of nitrogens with one attached hydrogen (secondary N) is 2. The van der Waals surface area contributed by atoms with Crippen LogP contribution >= 0.6 is 0 Å². The maximum absolute atomic E-state index is 11.7. The molecule has 6 nitrogen and oxygen atoms in total. The van der Waals surface area contributed by atoms with Crippen LogP contribution in [0.25, 0.3) is 0 Å². The van der Waals surface area contributed by atoms with Crippen LogP contribution in [0.2, 0.25) is 0 Å². The molecule has 2 rings (SSSR count). The number of hydrogen-bond acceptors (Lipinski definition) is 4. The Hall–Kier alpha value is -2.34. The first-order valence-corrected chi connectivity index (χ1v) is 7.74. The normalized spacial score (nSPS) is 10.8. The summed E-state index contributed by atoms with van der Waals surface area (Å²) in [6.45, 7) is 4.97. The van der Waals surface area contributed by atoms with Crippen LogP contribution in [0.5, 0.6) is 0 Å². The Kier molecular flexibility index (Phi) is 6.17. The second-order valence-electron chi connectivity index (χ2n) is 5.71. The molecule has 1 aromatic carbocycles. The molecule has 6 heteroatoms. The van der Waals surface area contributed by atoms with Crippen molar-refractivity contribution in [2.75, 3.05) is 6.54 Å². The van der Waals surface area contributed by atoms with Crippen molar-refractivity contribution in [3.63, 3.8) is 0 Å². The second kappa shape index (κ2) is 8.33. The highest BCUT2D eigenvalue weighted by Gasteiger charge is 2.08. The molecule has 0 spiro atoms. The van der Waals surface area contributed by atoms with Gasteiger partial charge in [0.15, 0.2) is 5.76 Å². The Morgan fingerprint density at radius 1 is 1.22 bits per heavy atom. The minimum atomic E-state index is -0.237. The van der Waals surface area contributed by atoms with Gasteiger partial charge in [-0.3, -0.25) is 0 Å².